The van der Waals surface area contributed by atoms with Crippen molar-refractivity contribution in [3.8, 4) is 0 Å². The van der Waals surface area contributed by atoms with E-state index < -0.39 is 0 Å². The number of halogens is 2. The Morgan fingerprint density at radius 1 is 1.27 bits per heavy atom. The molecule has 2 aliphatic heterocycles. The minimum absolute atomic E-state index is 0.259. The van der Waals surface area contributed by atoms with Gasteiger partial charge in [0.2, 0.25) is 5.91 Å². The van der Waals surface area contributed by atoms with Crippen molar-refractivity contribution >= 4 is 29.1 Å². The van der Waals surface area contributed by atoms with Crippen LogP contribution in [-0.4, -0.2) is 30.4 Å². The van der Waals surface area contributed by atoms with Crippen molar-refractivity contribution < 1.29 is 4.79 Å². The number of nitrogens with zero attached hydrogens (tertiary/aromatic N) is 1. The fourth-order valence-corrected chi connectivity index (χ4v) is 4.05. The molecule has 0 aliphatic carbocycles. The number of rotatable bonds is 3. The number of nitrogens with one attached hydrogen (secondary N) is 1. The molecule has 0 atom stereocenters. The molecule has 1 aromatic carbocycles. The zero-order chi connectivity index (χ0) is 15.5. The largest absolute Gasteiger partial charge is 0.338 e. The van der Waals surface area contributed by atoms with E-state index in [0.29, 0.717) is 28.9 Å². The third-order valence-corrected chi connectivity index (χ3v) is 5.39. The van der Waals surface area contributed by atoms with Crippen molar-refractivity contribution in [2.45, 2.75) is 38.6 Å². The van der Waals surface area contributed by atoms with E-state index in [-0.39, 0.29) is 5.91 Å². The number of hydrogen-bond donors (Lipinski definition) is 1. The number of hydrogen-bond acceptors (Lipinski definition) is 2. The highest BCUT2D eigenvalue weighted by Gasteiger charge is 2.24. The van der Waals surface area contributed by atoms with Crippen LogP contribution in [0.15, 0.2) is 12.1 Å². The maximum atomic E-state index is 12.5. The van der Waals surface area contributed by atoms with Crippen LogP contribution in [0.3, 0.4) is 0 Å². The van der Waals surface area contributed by atoms with E-state index in [1.165, 1.54) is 18.4 Å². The van der Waals surface area contributed by atoms with Crippen LogP contribution in [0, 0.1) is 5.92 Å². The summed E-state index contributed by atoms with van der Waals surface area (Å²) in [5.74, 6) is 0.958. The van der Waals surface area contributed by atoms with Gasteiger partial charge < -0.3 is 10.2 Å². The summed E-state index contributed by atoms with van der Waals surface area (Å²) in [7, 11) is 0. The number of piperidine rings is 1. The molecule has 0 aromatic heterocycles. The van der Waals surface area contributed by atoms with Crippen LogP contribution < -0.4 is 5.32 Å². The van der Waals surface area contributed by atoms with E-state index in [0.717, 1.165) is 38.0 Å². The van der Waals surface area contributed by atoms with E-state index in [4.69, 9.17) is 23.2 Å². The second-order valence-electron chi connectivity index (χ2n) is 6.32. The average molecular weight is 341 g/mol. The minimum atomic E-state index is 0.259. The van der Waals surface area contributed by atoms with Gasteiger partial charge in [-0.2, -0.15) is 0 Å². The molecule has 1 fully saturated rings. The Kier molecular flexibility index (Phi) is 5.27. The van der Waals surface area contributed by atoms with Crippen molar-refractivity contribution in [1.82, 2.24) is 10.2 Å². The summed E-state index contributed by atoms with van der Waals surface area (Å²) in [5, 5.41) is 4.72. The Morgan fingerprint density at radius 2 is 2.05 bits per heavy atom. The first-order chi connectivity index (χ1) is 10.6. The average Bonchev–Trinajstić information content (AvgIpc) is 2.53. The summed E-state index contributed by atoms with van der Waals surface area (Å²) in [6.07, 6.45) is 4.90. The molecule has 1 saturated heterocycles. The third kappa shape index (κ3) is 3.76. The molecule has 3 rings (SSSR count). The molecule has 5 heteroatoms. The second-order valence-corrected chi connectivity index (χ2v) is 7.17. The molecular formula is C17H22Cl2N2O. The lowest BCUT2D eigenvalue weighted by atomic mass is 9.92. The van der Waals surface area contributed by atoms with Crippen LogP contribution in [0.4, 0.5) is 0 Å². The van der Waals surface area contributed by atoms with Crippen LogP contribution in [0.2, 0.25) is 10.0 Å². The summed E-state index contributed by atoms with van der Waals surface area (Å²) in [4.78, 5) is 14.4. The first-order valence-corrected chi connectivity index (χ1v) is 8.84. The lowest BCUT2D eigenvalue weighted by molar-refractivity contribution is -0.132. The number of benzene rings is 1. The lowest BCUT2D eigenvalue weighted by Crippen LogP contribution is -2.36. The van der Waals surface area contributed by atoms with Crippen LogP contribution >= 0.6 is 23.2 Å². The molecule has 1 aromatic rings. The highest BCUT2D eigenvalue weighted by molar-refractivity contribution is 6.35. The molecule has 0 radical (unpaired) electrons. The monoisotopic (exact) mass is 340 g/mol. The smallest absolute Gasteiger partial charge is 0.222 e. The van der Waals surface area contributed by atoms with E-state index in [1.54, 1.807) is 6.07 Å². The van der Waals surface area contributed by atoms with Gasteiger partial charge in [0.1, 0.15) is 0 Å². The molecule has 0 saturated carbocycles. The van der Waals surface area contributed by atoms with E-state index >= 15 is 0 Å². The predicted molar refractivity (Wildman–Crippen MR) is 90.4 cm³/mol. The molecule has 2 aliphatic rings. The zero-order valence-electron chi connectivity index (χ0n) is 12.7. The maximum absolute atomic E-state index is 12.5. The van der Waals surface area contributed by atoms with Crippen LogP contribution in [0.1, 0.15) is 36.8 Å². The number of amides is 1. The highest BCUT2D eigenvalue weighted by atomic mass is 35.5. The Labute approximate surface area is 142 Å². The van der Waals surface area contributed by atoms with Gasteiger partial charge in [-0.15, -0.1) is 0 Å². The molecule has 0 spiro atoms. The molecule has 0 bridgehead atoms. The Hall–Kier alpha value is -0.770. The van der Waals surface area contributed by atoms with Crippen LogP contribution in [-0.2, 0) is 17.8 Å². The van der Waals surface area contributed by atoms with Gasteiger partial charge in [0.25, 0.3) is 0 Å². The fourth-order valence-electron chi connectivity index (χ4n) is 3.45. The molecular weight excluding hydrogens is 319 g/mol. The normalized spacial score (nSPS) is 19.1. The van der Waals surface area contributed by atoms with Gasteiger partial charge in [-0.1, -0.05) is 23.2 Å². The molecule has 22 heavy (non-hydrogen) atoms. The van der Waals surface area contributed by atoms with Gasteiger partial charge >= 0.3 is 0 Å². The van der Waals surface area contributed by atoms with Crippen LogP contribution in [0.25, 0.3) is 0 Å². The van der Waals surface area contributed by atoms with E-state index in [1.807, 2.05) is 11.0 Å². The Morgan fingerprint density at radius 3 is 2.82 bits per heavy atom. The van der Waals surface area contributed by atoms with Gasteiger partial charge in [0.15, 0.2) is 0 Å². The van der Waals surface area contributed by atoms with Crippen molar-refractivity contribution in [3.63, 3.8) is 0 Å². The summed E-state index contributed by atoms with van der Waals surface area (Å²) in [6, 6.07) is 3.74. The molecule has 0 unspecified atom stereocenters. The van der Waals surface area contributed by atoms with Crippen molar-refractivity contribution in [2.24, 2.45) is 5.92 Å². The van der Waals surface area contributed by atoms with Gasteiger partial charge in [-0.05, 0) is 68.0 Å². The second kappa shape index (κ2) is 7.20. The van der Waals surface area contributed by atoms with Crippen molar-refractivity contribution in [3.05, 3.63) is 33.3 Å². The SMILES string of the molecule is O=C(CCC1CCNCC1)N1CCc2cc(Cl)cc(Cl)c2C1. The lowest BCUT2D eigenvalue weighted by Gasteiger charge is -2.30. The summed E-state index contributed by atoms with van der Waals surface area (Å²) in [6.45, 7) is 3.57. The van der Waals surface area contributed by atoms with Gasteiger partial charge in [-0.25, -0.2) is 0 Å². The highest BCUT2D eigenvalue weighted by Crippen LogP contribution is 2.30. The standard InChI is InChI=1S/C17H22Cl2N2O/c18-14-9-13-5-8-21(11-15(13)16(19)10-14)17(22)2-1-12-3-6-20-7-4-12/h9-10,12,20H,1-8,11H2. The van der Waals surface area contributed by atoms with Gasteiger partial charge in [-0.3, -0.25) is 4.79 Å². The van der Waals surface area contributed by atoms with Crippen molar-refractivity contribution in [1.29, 1.82) is 0 Å². The van der Waals surface area contributed by atoms with Crippen molar-refractivity contribution in [2.75, 3.05) is 19.6 Å². The van der Waals surface area contributed by atoms with Gasteiger partial charge in [0, 0.05) is 29.6 Å². The van der Waals surface area contributed by atoms with E-state index in [2.05, 4.69) is 5.32 Å². The molecule has 1 N–H and O–H groups in total. The van der Waals surface area contributed by atoms with Crippen LogP contribution in [0.5, 0.6) is 0 Å². The minimum Gasteiger partial charge on any atom is -0.338 e. The first kappa shape index (κ1) is 16.1. The number of carbonyl (C=O) groups excluding carboxylic acids is 1. The van der Waals surface area contributed by atoms with Gasteiger partial charge in [0.05, 0.1) is 0 Å². The molecule has 1 amide bonds. The van der Waals surface area contributed by atoms with E-state index in [9.17, 15) is 4.79 Å². The maximum Gasteiger partial charge on any atom is 0.222 e. The topological polar surface area (TPSA) is 32.3 Å². The molecule has 120 valence electrons. The quantitative estimate of drug-likeness (QED) is 0.910. The summed E-state index contributed by atoms with van der Waals surface area (Å²) >= 11 is 12.3. The predicted octanol–water partition coefficient (Wildman–Crippen LogP) is 3.66. The summed E-state index contributed by atoms with van der Waals surface area (Å²) < 4.78 is 0. The number of fused-ring (bicyclic) bond motifs is 1. The molecule has 2 heterocycles. The Bertz CT molecular complexity index is 556. The Balaban J connectivity index is 1.58. The first-order valence-electron chi connectivity index (χ1n) is 8.09. The summed E-state index contributed by atoms with van der Waals surface area (Å²) in [5.41, 5.74) is 2.24. The number of carbonyl (C=O) groups is 1. The fraction of sp³-hybridized carbons (Fsp3) is 0.588. The zero-order valence-corrected chi connectivity index (χ0v) is 14.2. The molecule has 3 nitrogen and oxygen atoms in total. The third-order valence-electron chi connectivity index (χ3n) is 4.83.